The lowest BCUT2D eigenvalue weighted by Crippen LogP contribution is -2.38. The van der Waals surface area contributed by atoms with Gasteiger partial charge in [-0.1, -0.05) is 47.1 Å². The van der Waals surface area contributed by atoms with E-state index in [1.165, 1.54) is 0 Å². The van der Waals surface area contributed by atoms with Gasteiger partial charge in [-0.15, -0.1) is 0 Å². The fraction of sp³-hybridized carbons (Fsp3) is 0.429. The molecule has 0 aromatic heterocycles. The molecular formula is C14H19BrN2O2. The summed E-state index contributed by atoms with van der Waals surface area (Å²) >= 11 is 3.35. The summed E-state index contributed by atoms with van der Waals surface area (Å²) in [5, 5.41) is 6.60. The molecule has 5 heteroatoms. The summed E-state index contributed by atoms with van der Waals surface area (Å²) in [6.45, 7) is 6.01. The third-order valence-corrected chi connectivity index (χ3v) is 3.26. The Balaban J connectivity index is 2.30. The van der Waals surface area contributed by atoms with Crippen LogP contribution < -0.4 is 5.32 Å². The lowest BCUT2D eigenvalue weighted by molar-refractivity contribution is -0.126. The van der Waals surface area contributed by atoms with Crippen molar-refractivity contribution in [3.8, 4) is 0 Å². The van der Waals surface area contributed by atoms with Crippen molar-refractivity contribution in [3.05, 3.63) is 34.3 Å². The molecule has 0 unspecified atom stereocenters. The molecule has 4 nitrogen and oxygen atoms in total. The zero-order chi connectivity index (χ0) is 14.3. The largest absolute Gasteiger partial charge is 0.386 e. The maximum atomic E-state index is 11.5. The summed E-state index contributed by atoms with van der Waals surface area (Å²) in [5.41, 5.74) is 0.916. The second kappa shape index (κ2) is 7.94. The third-order valence-electron chi connectivity index (χ3n) is 2.73. The first-order valence-corrected chi connectivity index (χ1v) is 6.98. The van der Waals surface area contributed by atoms with E-state index >= 15 is 0 Å². The lowest BCUT2D eigenvalue weighted by Gasteiger charge is -2.16. The van der Waals surface area contributed by atoms with Gasteiger partial charge in [0.05, 0.1) is 6.21 Å². The molecule has 104 valence electrons. The minimum absolute atomic E-state index is 0.0654. The molecular weight excluding hydrogens is 308 g/mol. The third kappa shape index (κ3) is 6.38. The van der Waals surface area contributed by atoms with E-state index in [-0.39, 0.29) is 18.6 Å². The quantitative estimate of drug-likeness (QED) is 0.645. The van der Waals surface area contributed by atoms with E-state index in [4.69, 9.17) is 4.84 Å². The number of oxime groups is 1. The zero-order valence-corrected chi connectivity index (χ0v) is 13.0. The van der Waals surface area contributed by atoms with Crippen molar-refractivity contribution in [2.45, 2.75) is 26.8 Å². The highest BCUT2D eigenvalue weighted by Crippen LogP contribution is 2.09. The molecule has 19 heavy (non-hydrogen) atoms. The van der Waals surface area contributed by atoms with E-state index < -0.39 is 0 Å². The first-order chi connectivity index (χ1) is 8.99. The number of halogens is 1. The second-order valence-electron chi connectivity index (χ2n) is 4.66. The molecule has 0 radical (unpaired) electrons. The standard InChI is InChI=1S/C14H19BrN2O2/c1-10(2)11(3)17-14(18)9-19-16-8-12-4-6-13(15)7-5-12/h4-8,10-11H,9H2,1-3H3,(H,17,18)/b16-8-/t11-/m1/s1. The molecule has 1 amide bonds. The molecule has 1 atom stereocenters. The Hall–Kier alpha value is -1.36. The maximum Gasteiger partial charge on any atom is 0.260 e. The number of nitrogens with one attached hydrogen (secondary N) is 1. The summed E-state index contributed by atoms with van der Waals surface area (Å²) in [7, 11) is 0. The molecule has 0 spiro atoms. The first kappa shape index (κ1) is 15.7. The highest BCUT2D eigenvalue weighted by molar-refractivity contribution is 9.10. The highest BCUT2D eigenvalue weighted by Gasteiger charge is 2.10. The molecule has 0 aliphatic carbocycles. The minimum atomic E-state index is -0.158. The van der Waals surface area contributed by atoms with Crippen LogP contribution >= 0.6 is 15.9 Å². The van der Waals surface area contributed by atoms with Crippen LogP contribution in [0.2, 0.25) is 0 Å². The summed E-state index contributed by atoms with van der Waals surface area (Å²) < 4.78 is 1.01. The van der Waals surface area contributed by atoms with Crippen molar-refractivity contribution < 1.29 is 9.63 Å². The average molecular weight is 327 g/mol. The van der Waals surface area contributed by atoms with Gasteiger partial charge in [-0.3, -0.25) is 4.79 Å². The first-order valence-electron chi connectivity index (χ1n) is 6.19. The highest BCUT2D eigenvalue weighted by atomic mass is 79.9. The monoisotopic (exact) mass is 326 g/mol. The van der Waals surface area contributed by atoms with Crippen LogP contribution in [0.5, 0.6) is 0 Å². The van der Waals surface area contributed by atoms with E-state index in [1.807, 2.05) is 31.2 Å². The van der Waals surface area contributed by atoms with Crippen molar-refractivity contribution >= 4 is 28.1 Å². The van der Waals surface area contributed by atoms with E-state index in [1.54, 1.807) is 6.21 Å². The van der Waals surface area contributed by atoms with Crippen LogP contribution in [0.15, 0.2) is 33.9 Å². The van der Waals surface area contributed by atoms with Crippen molar-refractivity contribution in [2.75, 3.05) is 6.61 Å². The predicted octanol–water partition coefficient (Wildman–Crippen LogP) is 2.96. The summed E-state index contributed by atoms with van der Waals surface area (Å²) in [5.74, 6) is 0.240. The molecule has 1 aromatic rings. The Morgan fingerprint density at radius 3 is 2.58 bits per heavy atom. The van der Waals surface area contributed by atoms with E-state index in [9.17, 15) is 4.79 Å². The predicted molar refractivity (Wildman–Crippen MR) is 80.1 cm³/mol. The zero-order valence-electron chi connectivity index (χ0n) is 11.4. The maximum absolute atomic E-state index is 11.5. The van der Waals surface area contributed by atoms with Crippen molar-refractivity contribution in [3.63, 3.8) is 0 Å². The lowest BCUT2D eigenvalue weighted by atomic mass is 10.1. The number of benzene rings is 1. The molecule has 0 aliphatic rings. The van der Waals surface area contributed by atoms with Crippen LogP contribution in [0, 0.1) is 5.92 Å². The summed E-state index contributed by atoms with van der Waals surface area (Å²) in [4.78, 5) is 16.5. The topological polar surface area (TPSA) is 50.7 Å². The Labute approximate surface area is 122 Å². The SMILES string of the molecule is CC(C)[C@@H](C)NC(=O)CO/N=C\c1ccc(Br)cc1. The number of hydrogen-bond acceptors (Lipinski definition) is 3. The van der Waals surface area contributed by atoms with Crippen molar-refractivity contribution in [1.29, 1.82) is 0 Å². The van der Waals surface area contributed by atoms with Crippen LogP contribution in [0.25, 0.3) is 0 Å². The van der Waals surface area contributed by atoms with E-state index in [2.05, 4.69) is 40.2 Å². The summed E-state index contributed by atoms with van der Waals surface area (Å²) in [6.07, 6.45) is 1.57. The fourth-order valence-electron chi connectivity index (χ4n) is 1.21. The molecule has 1 N–H and O–H groups in total. The molecule has 1 aromatic carbocycles. The summed E-state index contributed by atoms with van der Waals surface area (Å²) in [6, 6.07) is 7.76. The van der Waals surface area contributed by atoms with Gasteiger partial charge in [0.2, 0.25) is 0 Å². The molecule has 1 rings (SSSR count). The van der Waals surface area contributed by atoms with Gasteiger partial charge in [0.25, 0.3) is 5.91 Å². The fourth-order valence-corrected chi connectivity index (χ4v) is 1.47. The van der Waals surface area contributed by atoms with Crippen molar-refractivity contribution in [1.82, 2.24) is 5.32 Å². The van der Waals surface area contributed by atoms with Gasteiger partial charge in [-0.2, -0.15) is 0 Å². The Kier molecular flexibility index (Phi) is 6.56. The van der Waals surface area contributed by atoms with Crippen LogP contribution in [0.1, 0.15) is 26.3 Å². The molecule has 0 aliphatic heterocycles. The number of carbonyl (C=O) groups is 1. The van der Waals surface area contributed by atoms with E-state index in [0.29, 0.717) is 5.92 Å². The minimum Gasteiger partial charge on any atom is -0.386 e. The van der Waals surface area contributed by atoms with Gasteiger partial charge >= 0.3 is 0 Å². The molecule has 0 saturated heterocycles. The van der Waals surface area contributed by atoms with Crippen LogP contribution in [-0.2, 0) is 9.63 Å². The van der Waals surface area contributed by atoms with Crippen LogP contribution in [0.3, 0.4) is 0 Å². The average Bonchev–Trinajstić information content (AvgIpc) is 2.36. The van der Waals surface area contributed by atoms with Gasteiger partial charge in [-0.25, -0.2) is 0 Å². The smallest absolute Gasteiger partial charge is 0.260 e. The van der Waals surface area contributed by atoms with Crippen LogP contribution in [0.4, 0.5) is 0 Å². The number of hydrogen-bond donors (Lipinski definition) is 1. The van der Waals surface area contributed by atoms with Gasteiger partial charge in [0.1, 0.15) is 0 Å². The van der Waals surface area contributed by atoms with Gasteiger partial charge in [0, 0.05) is 10.5 Å². The number of amides is 1. The van der Waals surface area contributed by atoms with E-state index in [0.717, 1.165) is 10.0 Å². The molecule has 0 fully saturated rings. The Morgan fingerprint density at radius 1 is 1.37 bits per heavy atom. The number of nitrogens with zero attached hydrogens (tertiary/aromatic N) is 1. The second-order valence-corrected chi connectivity index (χ2v) is 5.58. The van der Waals surface area contributed by atoms with Gasteiger partial charge < -0.3 is 10.2 Å². The number of rotatable bonds is 6. The van der Waals surface area contributed by atoms with Crippen LogP contribution in [-0.4, -0.2) is 24.8 Å². The molecule has 0 bridgehead atoms. The van der Waals surface area contributed by atoms with Gasteiger partial charge in [0.15, 0.2) is 6.61 Å². The van der Waals surface area contributed by atoms with Gasteiger partial charge in [-0.05, 0) is 30.5 Å². The van der Waals surface area contributed by atoms with Crippen molar-refractivity contribution in [2.24, 2.45) is 11.1 Å². The molecule has 0 heterocycles. The normalized spacial score (nSPS) is 12.7. The Morgan fingerprint density at radius 2 is 2.00 bits per heavy atom. The Bertz CT molecular complexity index is 430. The number of carbonyl (C=O) groups excluding carboxylic acids is 1. The molecule has 0 saturated carbocycles.